The van der Waals surface area contributed by atoms with Crippen molar-refractivity contribution < 1.29 is 19.2 Å². The standard InChI is InChI=1S/C17H14ClN3O5/c1-11(17(23)20-15-8-5-13(18)10-19-15)26-16(22)9-4-12-2-6-14(7-3-12)21(24)25/h2-11H,1H3,(H,19,20,23)/b9-4+/t11-/m0/s1. The quantitative estimate of drug-likeness (QED) is 0.359. The van der Waals surface area contributed by atoms with Crippen LogP contribution in [0.15, 0.2) is 48.7 Å². The molecule has 2 rings (SSSR count). The van der Waals surface area contributed by atoms with Crippen LogP contribution in [0.4, 0.5) is 11.5 Å². The molecule has 1 aromatic heterocycles. The molecule has 9 heteroatoms. The highest BCUT2D eigenvalue weighted by atomic mass is 35.5. The maximum atomic E-state index is 12.0. The fraction of sp³-hybridized carbons (Fsp3) is 0.118. The highest BCUT2D eigenvalue weighted by molar-refractivity contribution is 6.30. The van der Waals surface area contributed by atoms with E-state index in [0.29, 0.717) is 10.6 Å². The molecule has 1 aromatic carbocycles. The molecule has 8 nitrogen and oxygen atoms in total. The summed E-state index contributed by atoms with van der Waals surface area (Å²) < 4.78 is 4.99. The van der Waals surface area contributed by atoms with Crippen molar-refractivity contribution in [1.29, 1.82) is 0 Å². The molecule has 0 spiro atoms. The summed E-state index contributed by atoms with van der Waals surface area (Å²) in [5.41, 5.74) is 0.529. The van der Waals surface area contributed by atoms with Crippen molar-refractivity contribution in [1.82, 2.24) is 4.98 Å². The van der Waals surface area contributed by atoms with Gasteiger partial charge in [0.2, 0.25) is 0 Å². The van der Waals surface area contributed by atoms with Gasteiger partial charge in [-0.05, 0) is 42.8 Å². The van der Waals surface area contributed by atoms with Gasteiger partial charge in [0.05, 0.1) is 9.95 Å². The molecule has 1 amide bonds. The summed E-state index contributed by atoms with van der Waals surface area (Å²) in [4.78, 5) is 37.7. The van der Waals surface area contributed by atoms with Gasteiger partial charge in [-0.3, -0.25) is 14.9 Å². The molecular weight excluding hydrogens is 362 g/mol. The molecule has 0 saturated carbocycles. The van der Waals surface area contributed by atoms with Crippen LogP contribution in [0, 0.1) is 10.1 Å². The first-order valence-corrected chi connectivity index (χ1v) is 7.78. The number of nitrogens with one attached hydrogen (secondary N) is 1. The van der Waals surface area contributed by atoms with Gasteiger partial charge in [-0.15, -0.1) is 0 Å². The van der Waals surface area contributed by atoms with Crippen molar-refractivity contribution in [3.63, 3.8) is 0 Å². The van der Waals surface area contributed by atoms with Crippen LogP contribution >= 0.6 is 11.6 Å². The second-order valence-corrected chi connectivity index (χ2v) is 5.55. The molecule has 0 aliphatic carbocycles. The summed E-state index contributed by atoms with van der Waals surface area (Å²) >= 11 is 5.70. The van der Waals surface area contributed by atoms with E-state index in [1.807, 2.05) is 0 Å². The first-order chi connectivity index (χ1) is 12.3. The van der Waals surface area contributed by atoms with E-state index in [0.717, 1.165) is 6.08 Å². The van der Waals surface area contributed by atoms with Crippen LogP contribution in [0.25, 0.3) is 6.08 Å². The van der Waals surface area contributed by atoms with E-state index in [1.165, 1.54) is 49.5 Å². The summed E-state index contributed by atoms with van der Waals surface area (Å²) in [6.45, 7) is 1.42. The minimum absolute atomic E-state index is 0.0502. The summed E-state index contributed by atoms with van der Waals surface area (Å²) in [5.74, 6) is -0.990. The molecular formula is C17H14ClN3O5. The van der Waals surface area contributed by atoms with Crippen molar-refractivity contribution >= 4 is 41.1 Å². The summed E-state index contributed by atoms with van der Waals surface area (Å²) in [6, 6.07) is 8.70. The van der Waals surface area contributed by atoms with Crippen LogP contribution in [-0.4, -0.2) is 27.9 Å². The lowest BCUT2D eigenvalue weighted by molar-refractivity contribution is -0.384. The van der Waals surface area contributed by atoms with Gasteiger partial charge in [0.25, 0.3) is 11.6 Å². The number of amides is 1. The van der Waals surface area contributed by atoms with Crippen molar-refractivity contribution in [3.8, 4) is 0 Å². The molecule has 134 valence electrons. The first kappa shape index (κ1) is 19.1. The number of carbonyl (C=O) groups excluding carboxylic acids is 2. The van der Waals surface area contributed by atoms with Crippen LogP contribution in [0.3, 0.4) is 0 Å². The SMILES string of the molecule is C[C@H](OC(=O)/C=C/c1ccc([N+](=O)[O-])cc1)C(=O)Nc1ccc(Cl)cn1. The number of hydrogen-bond donors (Lipinski definition) is 1. The summed E-state index contributed by atoms with van der Waals surface area (Å²) in [7, 11) is 0. The normalized spacial score (nSPS) is 11.8. The van der Waals surface area contributed by atoms with E-state index in [-0.39, 0.29) is 11.5 Å². The molecule has 2 aromatic rings. The molecule has 1 atom stereocenters. The maximum Gasteiger partial charge on any atom is 0.331 e. The van der Waals surface area contributed by atoms with E-state index in [2.05, 4.69) is 10.3 Å². The predicted molar refractivity (Wildman–Crippen MR) is 95.6 cm³/mol. The number of nitrogens with zero attached hydrogens (tertiary/aromatic N) is 2. The number of esters is 1. The van der Waals surface area contributed by atoms with Gasteiger partial charge in [-0.1, -0.05) is 11.6 Å². The zero-order chi connectivity index (χ0) is 19.1. The monoisotopic (exact) mass is 375 g/mol. The van der Waals surface area contributed by atoms with E-state index in [4.69, 9.17) is 16.3 Å². The van der Waals surface area contributed by atoms with Gasteiger partial charge in [-0.25, -0.2) is 9.78 Å². The van der Waals surface area contributed by atoms with E-state index in [1.54, 1.807) is 6.07 Å². The number of nitro benzene ring substituents is 1. The molecule has 0 aliphatic heterocycles. The minimum Gasteiger partial charge on any atom is -0.449 e. The molecule has 1 N–H and O–H groups in total. The van der Waals surface area contributed by atoms with E-state index < -0.39 is 22.9 Å². The lowest BCUT2D eigenvalue weighted by Crippen LogP contribution is -2.29. The van der Waals surface area contributed by atoms with Gasteiger partial charge in [0, 0.05) is 24.4 Å². The summed E-state index contributed by atoms with van der Waals surface area (Å²) in [6.07, 6.45) is 2.89. The summed E-state index contributed by atoms with van der Waals surface area (Å²) in [5, 5.41) is 13.5. The third kappa shape index (κ3) is 5.67. The molecule has 0 aliphatic rings. The Kier molecular flexibility index (Phi) is 6.40. The number of benzene rings is 1. The Bertz CT molecular complexity index is 834. The average Bonchev–Trinajstić information content (AvgIpc) is 2.62. The number of halogens is 1. The largest absolute Gasteiger partial charge is 0.449 e. The van der Waals surface area contributed by atoms with Crippen LogP contribution in [0.2, 0.25) is 5.02 Å². The van der Waals surface area contributed by atoms with Gasteiger partial charge in [-0.2, -0.15) is 0 Å². The fourth-order valence-corrected chi connectivity index (χ4v) is 1.93. The lowest BCUT2D eigenvalue weighted by atomic mass is 10.2. The predicted octanol–water partition coefficient (Wildman–Crippen LogP) is 3.23. The van der Waals surface area contributed by atoms with Crippen molar-refractivity contribution in [3.05, 3.63) is 69.4 Å². The van der Waals surface area contributed by atoms with Gasteiger partial charge in [0.1, 0.15) is 5.82 Å². The number of nitro groups is 1. The number of carbonyl (C=O) groups is 2. The van der Waals surface area contributed by atoms with Crippen LogP contribution in [0.5, 0.6) is 0 Å². The van der Waals surface area contributed by atoms with Crippen LogP contribution < -0.4 is 5.32 Å². The Morgan fingerprint density at radius 3 is 2.54 bits per heavy atom. The van der Waals surface area contributed by atoms with E-state index >= 15 is 0 Å². The number of hydrogen-bond acceptors (Lipinski definition) is 6. The third-order valence-electron chi connectivity index (χ3n) is 3.16. The molecule has 0 radical (unpaired) electrons. The number of rotatable bonds is 6. The molecule has 0 saturated heterocycles. The molecule has 0 fully saturated rings. The fourth-order valence-electron chi connectivity index (χ4n) is 1.82. The number of non-ortho nitro benzene ring substituents is 1. The minimum atomic E-state index is -1.04. The number of ether oxygens (including phenoxy) is 1. The van der Waals surface area contributed by atoms with Gasteiger partial charge in [0.15, 0.2) is 6.10 Å². The Balaban J connectivity index is 1.88. The van der Waals surface area contributed by atoms with Gasteiger partial charge >= 0.3 is 5.97 Å². The number of aromatic nitrogens is 1. The van der Waals surface area contributed by atoms with E-state index in [9.17, 15) is 19.7 Å². The third-order valence-corrected chi connectivity index (χ3v) is 3.38. The van der Waals surface area contributed by atoms with Crippen LogP contribution in [-0.2, 0) is 14.3 Å². The zero-order valence-corrected chi connectivity index (χ0v) is 14.3. The molecule has 26 heavy (non-hydrogen) atoms. The highest BCUT2D eigenvalue weighted by Gasteiger charge is 2.17. The smallest absolute Gasteiger partial charge is 0.331 e. The Hall–Kier alpha value is -3.26. The molecule has 0 bridgehead atoms. The van der Waals surface area contributed by atoms with Gasteiger partial charge < -0.3 is 10.1 Å². The Morgan fingerprint density at radius 1 is 1.27 bits per heavy atom. The maximum absolute atomic E-state index is 12.0. The second kappa shape index (κ2) is 8.72. The lowest BCUT2D eigenvalue weighted by Gasteiger charge is -2.11. The molecule has 0 unspecified atom stereocenters. The Labute approximate surface area is 153 Å². The highest BCUT2D eigenvalue weighted by Crippen LogP contribution is 2.13. The van der Waals surface area contributed by atoms with Crippen molar-refractivity contribution in [2.24, 2.45) is 0 Å². The average molecular weight is 376 g/mol. The first-order valence-electron chi connectivity index (χ1n) is 7.41. The number of pyridine rings is 1. The number of anilines is 1. The molecule has 1 heterocycles. The second-order valence-electron chi connectivity index (χ2n) is 5.11. The zero-order valence-electron chi connectivity index (χ0n) is 13.6. The van der Waals surface area contributed by atoms with Crippen molar-refractivity contribution in [2.75, 3.05) is 5.32 Å². The topological polar surface area (TPSA) is 111 Å². The Morgan fingerprint density at radius 2 is 1.96 bits per heavy atom. The van der Waals surface area contributed by atoms with Crippen LogP contribution in [0.1, 0.15) is 12.5 Å². The van der Waals surface area contributed by atoms with Crippen molar-refractivity contribution in [2.45, 2.75) is 13.0 Å².